The van der Waals surface area contributed by atoms with Crippen molar-refractivity contribution < 1.29 is 9.18 Å². The molecule has 1 amide bonds. The fourth-order valence-corrected chi connectivity index (χ4v) is 3.19. The summed E-state index contributed by atoms with van der Waals surface area (Å²) in [6.45, 7) is 1.92. The fourth-order valence-electron chi connectivity index (χ4n) is 2.91. The van der Waals surface area contributed by atoms with E-state index in [9.17, 15) is 9.18 Å². The molecule has 0 radical (unpaired) electrons. The SMILES string of the molecule is Cc1ccc(NC(=O)c2cnn(-c3ccc(F)cc3)c2-n2cccc2)c(Cl)c1. The third-order valence-corrected chi connectivity index (χ3v) is 4.59. The number of carbonyl (C=O) groups is 1. The Morgan fingerprint density at radius 2 is 1.82 bits per heavy atom. The molecule has 0 bridgehead atoms. The number of hydrogen-bond donors (Lipinski definition) is 1. The maximum absolute atomic E-state index is 13.3. The summed E-state index contributed by atoms with van der Waals surface area (Å²) in [5.41, 5.74) is 2.51. The number of amides is 1. The first-order valence-electron chi connectivity index (χ1n) is 8.58. The second-order valence-electron chi connectivity index (χ2n) is 6.30. The Morgan fingerprint density at radius 3 is 2.50 bits per heavy atom. The standard InChI is InChI=1S/C21H16ClFN4O/c1-14-4-9-19(18(22)12-14)25-20(28)17-13-24-27(16-7-5-15(23)6-8-16)21(17)26-10-2-3-11-26/h2-13H,1H3,(H,25,28). The van der Waals surface area contributed by atoms with Gasteiger partial charge in [-0.05, 0) is 61.0 Å². The lowest BCUT2D eigenvalue weighted by molar-refractivity contribution is 0.102. The predicted molar refractivity (Wildman–Crippen MR) is 107 cm³/mol. The quantitative estimate of drug-likeness (QED) is 0.528. The van der Waals surface area contributed by atoms with Crippen LogP contribution in [0.3, 0.4) is 0 Å². The Bertz CT molecular complexity index is 1130. The molecule has 0 aliphatic heterocycles. The van der Waals surface area contributed by atoms with Gasteiger partial charge in [-0.15, -0.1) is 0 Å². The van der Waals surface area contributed by atoms with E-state index < -0.39 is 0 Å². The third-order valence-electron chi connectivity index (χ3n) is 4.28. The van der Waals surface area contributed by atoms with Crippen molar-refractivity contribution in [1.29, 1.82) is 0 Å². The summed E-state index contributed by atoms with van der Waals surface area (Å²) in [6, 6.07) is 15.0. The second-order valence-corrected chi connectivity index (χ2v) is 6.71. The molecule has 2 aromatic heterocycles. The number of rotatable bonds is 4. The molecule has 0 atom stereocenters. The monoisotopic (exact) mass is 394 g/mol. The Kier molecular flexibility index (Phi) is 4.71. The zero-order valence-electron chi connectivity index (χ0n) is 14.9. The first-order chi connectivity index (χ1) is 13.5. The number of benzene rings is 2. The second kappa shape index (κ2) is 7.32. The van der Waals surface area contributed by atoms with Crippen molar-refractivity contribution in [2.75, 3.05) is 5.32 Å². The maximum atomic E-state index is 13.3. The summed E-state index contributed by atoms with van der Waals surface area (Å²) >= 11 is 6.24. The molecule has 140 valence electrons. The minimum absolute atomic E-state index is 0.342. The van der Waals surface area contributed by atoms with Crippen LogP contribution in [0.4, 0.5) is 10.1 Å². The molecule has 4 aromatic rings. The van der Waals surface area contributed by atoms with Gasteiger partial charge in [-0.1, -0.05) is 17.7 Å². The Hall–Kier alpha value is -3.38. The molecule has 0 aliphatic rings. The average molecular weight is 395 g/mol. The van der Waals surface area contributed by atoms with Crippen LogP contribution < -0.4 is 5.32 Å². The first kappa shape index (κ1) is 18.0. The van der Waals surface area contributed by atoms with Crippen molar-refractivity contribution in [1.82, 2.24) is 14.3 Å². The highest BCUT2D eigenvalue weighted by molar-refractivity contribution is 6.34. The summed E-state index contributed by atoms with van der Waals surface area (Å²) in [7, 11) is 0. The van der Waals surface area contributed by atoms with Gasteiger partial charge in [0.15, 0.2) is 5.82 Å². The van der Waals surface area contributed by atoms with E-state index in [4.69, 9.17) is 11.6 Å². The minimum atomic E-state index is -0.345. The number of nitrogens with zero attached hydrogens (tertiary/aromatic N) is 3. The van der Waals surface area contributed by atoms with Gasteiger partial charge in [0.1, 0.15) is 11.4 Å². The Labute approximate surface area is 166 Å². The van der Waals surface area contributed by atoms with Crippen LogP contribution in [0.25, 0.3) is 11.5 Å². The molecular formula is C21H16ClFN4O. The minimum Gasteiger partial charge on any atom is -0.320 e. The summed E-state index contributed by atoms with van der Waals surface area (Å²) in [5.74, 6) is -0.148. The Balaban J connectivity index is 1.76. The molecule has 0 saturated carbocycles. The van der Waals surface area contributed by atoms with Gasteiger partial charge in [-0.3, -0.25) is 4.79 Å². The van der Waals surface area contributed by atoms with Crippen molar-refractivity contribution in [3.8, 4) is 11.5 Å². The number of hydrogen-bond acceptors (Lipinski definition) is 2. The highest BCUT2D eigenvalue weighted by Gasteiger charge is 2.20. The topological polar surface area (TPSA) is 51.9 Å². The highest BCUT2D eigenvalue weighted by atomic mass is 35.5. The van der Waals surface area contributed by atoms with E-state index in [-0.39, 0.29) is 11.7 Å². The van der Waals surface area contributed by atoms with Crippen molar-refractivity contribution in [3.63, 3.8) is 0 Å². The number of aromatic nitrogens is 3. The van der Waals surface area contributed by atoms with Gasteiger partial charge in [-0.25, -0.2) is 9.07 Å². The van der Waals surface area contributed by atoms with Crippen molar-refractivity contribution in [2.24, 2.45) is 0 Å². The van der Waals surface area contributed by atoms with Gasteiger partial charge in [0.25, 0.3) is 5.91 Å². The lowest BCUT2D eigenvalue weighted by atomic mass is 10.2. The predicted octanol–water partition coefficient (Wildman–Crippen LogP) is 5.02. The highest BCUT2D eigenvalue weighted by Crippen LogP contribution is 2.25. The number of anilines is 1. The van der Waals surface area contributed by atoms with E-state index >= 15 is 0 Å². The summed E-state index contributed by atoms with van der Waals surface area (Å²) in [5, 5.41) is 7.64. The van der Waals surface area contributed by atoms with Crippen molar-refractivity contribution in [3.05, 3.63) is 95.2 Å². The van der Waals surface area contributed by atoms with E-state index in [0.29, 0.717) is 27.8 Å². The summed E-state index contributed by atoms with van der Waals surface area (Å²) in [6.07, 6.45) is 5.11. The fraction of sp³-hybridized carbons (Fsp3) is 0.0476. The van der Waals surface area contributed by atoms with Gasteiger partial charge in [0, 0.05) is 12.4 Å². The summed E-state index contributed by atoms with van der Waals surface area (Å²) < 4.78 is 16.7. The molecule has 7 heteroatoms. The molecule has 0 aliphatic carbocycles. The number of nitrogens with one attached hydrogen (secondary N) is 1. The first-order valence-corrected chi connectivity index (χ1v) is 8.95. The van der Waals surface area contributed by atoms with Crippen molar-refractivity contribution >= 4 is 23.2 Å². The van der Waals surface area contributed by atoms with E-state index in [1.54, 1.807) is 33.5 Å². The molecule has 1 N–H and O–H groups in total. The van der Waals surface area contributed by atoms with Gasteiger partial charge in [-0.2, -0.15) is 5.10 Å². The van der Waals surface area contributed by atoms with E-state index in [1.807, 2.05) is 37.5 Å². The molecule has 0 spiro atoms. The third kappa shape index (κ3) is 3.42. The Morgan fingerprint density at radius 1 is 1.11 bits per heavy atom. The van der Waals surface area contributed by atoms with E-state index in [0.717, 1.165) is 5.56 Å². The molecule has 0 unspecified atom stereocenters. The largest absolute Gasteiger partial charge is 0.320 e. The van der Waals surface area contributed by atoms with Crippen molar-refractivity contribution in [2.45, 2.75) is 6.92 Å². The summed E-state index contributed by atoms with van der Waals surface area (Å²) in [4.78, 5) is 13.0. The van der Waals surface area contributed by atoms with Crippen LogP contribution >= 0.6 is 11.6 Å². The van der Waals surface area contributed by atoms with Gasteiger partial charge >= 0.3 is 0 Å². The molecule has 0 fully saturated rings. The molecule has 28 heavy (non-hydrogen) atoms. The smallest absolute Gasteiger partial charge is 0.261 e. The zero-order chi connectivity index (χ0) is 19.7. The molecule has 4 rings (SSSR count). The van der Waals surface area contributed by atoms with Gasteiger partial charge < -0.3 is 9.88 Å². The molecule has 0 saturated heterocycles. The molecular weight excluding hydrogens is 379 g/mol. The van der Waals surface area contributed by atoms with E-state index in [1.165, 1.54) is 18.3 Å². The lowest BCUT2D eigenvalue weighted by Gasteiger charge is -2.12. The van der Waals surface area contributed by atoms with Gasteiger partial charge in [0.05, 0.1) is 22.6 Å². The maximum Gasteiger partial charge on any atom is 0.261 e. The van der Waals surface area contributed by atoms with Crippen LogP contribution in [-0.4, -0.2) is 20.3 Å². The lowest BCUT2D eigenvalue weighted by Crippen LogP contribution is -2.15. The number of halogens is 2. The van der Waals surface area contributed by atoms with E-state index in [2.05, 4.69) is 10.4 Å². The van der Waals surface area contributed by atoms with Crippen LogP contribution in [-0.2, 0) is 0 Å². The van der Waals surface area contributed by atoms with Gasteiger partial charge in [0.2, 0.25) is 0 Å². The molecule has 5 nitrogen and oxygen atoms in total. The van der Waals surface area contributed by atoms with Crippen LogP contribution in [0.2, 0.25) is 5.02 Å². The van der Waals surface area contributed by atoms with Crippen LogP contribution in [0, 0.1) is 12.7 Å². The molecule has 2 aromatic carbocycles. The average Bonchev–Trinajstić information content (AvgIpc) is 3.33. The zero-order valence-corrected chi connectivity index (χ0v) is 15.7. The van der Waals surface area contributed by atoms with Crippen LogP contribution in [0.5, 0.6) is 0 Å². The van der Waals surface area contributed by atoms with Crippen LogP contribution in [0.1, 0.15) is 15.9 Å². The normalized spacial score (nSPS) is 10.8. The van der Waals surface area contributed by atoms with Crippen LogP contribution in [0.15, 0.2) is 73.2 Å². The molecule has 2 heterocycles. The number of aryl methyl sites for hydroxylation is 1. The number of carbonyl (C=O) groups excluding carboxylic acids is 1.